The van der Waals surface area contributed by atoms with Crippen LogP contribution in [0.2, 0.25) is 0 Å². The van der Waals surface area contributed by atoms with E-state index in [-0.39, 0.29) is 29.3 Å². The highest BCUT2D eigenvalue weighted by atomic mass is 32.2. The summed E-state index contributed by atoms with van der Waals surface area (Å²) in [5, 5.41) is 3.03. The molecule has 2 saturated heterocycles. The van der Waals surface area contributed by atoms with E-state index in [1.165, 1.54) is 12.1 Å². The molecule has 2 N–H and O–H groups in total. The lowest BCUT2D eigenvalue weighted by Crippen LogP contribution is -2.59. The number of rotatable bonds is 8. The lowest BCUT2D eigenvalue weighted by atomic mass is 9.95. The van der Waals surface area contributed by atoms with Gasteiger partial charge in [-0.15, -0.1) is 0 Å². The molecule has 178 valence electrons. The summed E-state index contributed by atoms with van der Waals surface area (Å²) in [6, 6.07) is 4.55. The third-order valence-electron chi connectivity index (χ3n) is 6.05. The highest BCUT2D eigenvalue weighted by molar-refractivity contribution is 7.99. The van der Waals surface area contributed by atoms with Crippen LogP contribution >= 0.6 is 11.8 Å². The van der Waals surface area contributed by atoms with E-state index in [4.69, 9.17) is 14.2 Å². The SMILES string of the molecule is O=C(CCNS(=O)(=O)c1ccc2c(c1)OCCCO2)NCC1(N2CCOCC2)CCSC1. The number of amides is 1. The molecule has 0 saturated carbocycles. The Morgan fingerprint density at radius 1 is 1.12 bits per heavy atom. The van der Waals surface area contributed by atoms with Crippen molar-refractivity contribution >= 4 is 27.7 Å². The molecule has 3 aliphatic heterocycles. The number of thioether (sulfide) groups is 1. The first-order chi connectivity index (χ1) is 15.5. The van der Waals surface area contributed by atoms with Crippen molar-refractivity contribution in [2.24, 2.45) is 0 Å². The molecular weight excluding hydrogens is 454 g/mol. The number of hydrogen-bond acceptors (Lipinski definition) is 8. The number of ether oxygens (including phenoxy) is 3. The van der Waals surface area contributed by atoms with E-state index in [9.17, 15) is 13.2 Å². The molecule has 32 heavy (non-hydrogen) atoms. The fraction of sp³-hybridized carbons (Fsp3) is 0.667. The number of carbonyl (C=O) groups excluding carboxylic acids is 1. The maximum Gasteiger partial charge on any atom is 0.240 e. The van der Waals surface area contributed by atoms with E-state index >= 15 is 0 Å². The monoisotopic (exact) mass is 485 g/mol. The minimum Gasteiger partial charge on any atom is -0.490 e. The van der Waals surface area contributed by atoms with Crippen LogP contribution in [-0.2, 0) is 19.6 Å². The van der Waals surface area contributed by atoms with Gasteiger partial charge in [-0.25, -0.2) is 13.1 Å². The van der Waals surface area contributed by atoms with Gasteiger partial charge in [0.15, 0.2) is 11.5 Å². The molecule has 9 nitrogen and oxygen atoms in total. The van der Waals surface area contributed by atoms with Crippen LogP contribution < -0.4 is 19.5 Å². The normalized spacial score (nSPS) is 24.1. The first kappa shape index (κ1) is 23.6. The summed E-state index contributed by atoms with van der Waals surface area (Å²) in [5.74, 6) is 2.88. The molecule has 0 aliphatic carbocycles. The van der Waals surface area contributed by atoms with Gasteiger partial charge in [0.05, 0.1) is 31.3 Å². The van der Waals surface area contributed by atoms with Gasteiger partial charge in [0.1, 0.15) is 0 Å². The van der Waals surface area contributed by atoms with Crippen LogP contribution in [0.25, 0.3) is 0 Å². The Bertz CT molecular complexity index is 899. The molecular formula is C21H31N3O6S2. The average Bonchev–Trinajstić information content (AvgIpc) is 3.16. The highest BCUT2D eigenvalue weighted by Crippen LogP contribution is 2.34. The van der Waals surface area contributed by atoms with Crippen LogP contribution in [0.4, 0.5) is 0 Å². The summed E-state index contributed by atoms with van der Waals surface area (Å²) in [6.45, 7) is 4.84. The molecule has 1 aromatic rings. The Morgan fingerprint density at radius 2 is 1.91 bits per heavy atom. The van der Waals surface area contributed by atoms with E-state index in [0.29, 0.717) is 31.3 Å². The zero-order valence-corrected chi connectivity index (χ0v) is 19.8. The Balaban J connectivity index is 1.27. The van der Waals surface area contributed by atoms with Gasteiger partial charge in [-0.05, 0) is 24.3 Å². The zero-order chi connectivity index (χ0) is 22.4. The average molecular weight is 486 g/mol. The van der Waals surface area contributed by atoms with E-state index in [2.05, 4.69) is 14.9 Å². The van der Waals surface area contributed by atoms with Crippen molar-refractivity contribution < 1.29 is 27.4 Å². The van der Waals surface area contributed by atoms with Crippen LogP contribution in [0, 0.1) is 0 Å². The van der Waals surface area contributed by atoms with Crippen molar-refractivity contribution in [1.29, 1.82) is 0 Å². The number of hydrogen-bond donors (Lipinski definition) is 2. The summed E-state index contributed by atoms with van der Waals surface area (Å²) in [6.07, 6.45) is 1.86. The highest BCUT2D eigenvalue weighted by Gasteiger charge is 2.40. The number of fused-ring (bicyclic) bond motifs is 1. The summed E-state index contributed by atoms with van der Waals surface area (Å²) < 4.78 is 44.4. The van der Waals surface area contributed by atoms with Crippen molar-refractivity contribution in [2.45, 2.75) is 29.7 Å². The maximum absolute atomic E-state index is 12.6. The smallest absolute Gasteiger partial charge is 0.240 e. The third kappa shape index (κ3) is 5.69. The molecule has 3 aliphatic rings. The van der Waals surface area contributed by atoms with Gasteiger partial charge in [-0.2, -0.15) is 11.8 Å². The van der Waals surface area contributed by atoms with E-state index in [0.717, 1.165) is 50.7 Å². The molecule has 1 unspecified atom stereocenters. The second kappa shape index (κ2) is 10.6. The summed E-state index contributed by atoms with van der Waals surface area (Å²) in [7, 11) is -3.75. The largest absolute Gasteiger partial charge is 0.490 e. The number of sulfonamides is 1. The van der Waals surface area contributed by atoms with Crippen molar-refractivity contribution in [3.8, 4) is 11.5 Å². The Morgan fingerprint density at radius 3 is 2.66 bits per heavy atom. The Labute approximate surface area is 193 Å². The standard InChI is InChI=1S/C21H31N3O6S2/c25-20(22-15-21(5-13-31-16-21)24-7-11-28-12-8-24)4-6-23-32(26,27)17-2-3-18-19(14-17)30-10-1-9-29-18/h2-3,14,23H,1,4-13,15-16H2,(H,22,25). The Kier molecular flexibility index (Phi) is 7.83. The predicted molar refractivity (Wildman–Crippen MR) is 122 cm³/mol. The molecule has 11 heteroatoms. The minimum atomic E-state index is -3.75. The molecule has 1 amide bonds. The van der Waals surface area contributed by atoms with Gasteiger partial charge in [-0.3, -0.25) is 9.69 Å². The van der Waals surface area contributed by atoms with Gasteiger partial charge in [0.2, 0.25) is 15.9 Å². The zero-order valence-electron chi connectivity index (χ0n) is 18.1. The van der Waals surface area contributed by atoms with E-state index in [1.807, 2.05) is 11.8 Å². The number of carbonyl (C=O) groups is 1. The van der Waals surface area contributed by atoms with Crippen LogP contribution in [0.15, 0.2) is 23.1 Å². The Hall–Kier alpha value is -1.53. The minimum absolute atomic E-state index is 0.0297. The third-order valence-corrected chi connectivity index (χ3v) is 8.75. The molecule has 0 spiro atoms. The predicted octanol–water partition coefficient (Wildman–Crippen LogP) is 0.840. The summed E-state index contributed by atoms with van der Waals surface area (Å²) in [5.41, 5.74) is -0.0342. The van der Waals surface area contributed by atoms with Gasteiger partial charge in [-0.1, -0.05) is 0 Å². The van der Waals surface area contributed by atoms with E-state index < -0.39 is 10.0 Å². The first-order valence-electron chi connectivity index (χ1n) is 11.1. The second-order valence-corrected chi connectivity index (χ2v) is 11.1. The van der Waals surface area contributed by atoms with Crippen LogP contribution in [0.5, 0.6) is 11.5 Å². The molecule has 1 aromatic carbocycles. The molecule has 2 fully saturated rings. The van der Waals surface area contributed by atoms with Crippen LogP contribution in [-0.4, -0.2) is 88.9 Å². The first-order valence-corrected chi connectivity index (χ1v) is 13.7. The van der Waals surface area contributed by atoms with Crippen LogP contribution in [0.1, 0.15) is 19.3 Å². The van der Waals surface area contributed by atoms with E-state index in [1.54, 1.807) is 6.07 Å². The van der Waals surface area contributed by atoms with Crippen molar-refractivity contribution in [3.63, 3.8) is 0 Å². The van der Waals surface area contributed by atoms with Crippen molar-refractivity contribution in [1.82, 2.24) is 14.9 Å². The van der Waals surface area contributed by atoms with Crippen molar-refractivity contribution in [3.05, 3.63) is 18.2 Å². The summed E-state index contributed by atoms with van der Waals surface area (Å²) >= 11 is 1.91. The number of nitrogens with zero attached hydrogens (tertiary/aromatic N) is 1. The second-order valence-electron chi connectivity index (χ2n) is 8.21. The fourth-order valence-electron chi connectivity index (χ4n) is 4.18. The van der Waals surface area contributed by atoms with Crippen molar-refractivity contribution in [2.75, 3.05) is 64.1 Å². The lowest BCUT2D eigenvalue weighted by Gasteiger charge is -2.43. The molecule has 0 aromatic heterocycles. The quantitative estimate of drug-likeness (QED) is 0.558. The number of morpholine rings is 1. The van der Waals surface area contributed by atoms with Gasteiger partial charge in [0, 0.05) is 56.4 Å². The van der Waals surface area contributed by atoms with Gasteiger partial charge >= 0.3 is 0 Å². The van der Waals surface area contributed by atoms with Gasteiger partial charge in [0.25, 0.3) is 0 Å². The molecule has 1 atom stereocenters. The molecule has 0 bridgehead atoms. The molecule has 3 heterocycles. The number of nitrogens with one attached hydrogen (secondary N) is 2. The molecule has 0 radical (unpaired) electrons. The van der Waals surface area contributed by atoms with Gasteiger partial charge < -0.3 is 19.5 Å². The molecule has 4 rings (SSSR count). The maximum atomic E-state index is 12.6. The topological polar surface area (TPSA) is 106 Å². The van der Waals surface area contributed by atoms with Crippen LogP contribution in [0.3, 0.4) is 0 Å². The summed E-state index contributed by atoms with van der Waals surface area (Å²) in [4.78, 5) is 15.0. The fourth-order valence-corrected chi connectivity index (χ4v) is 6.70. The number of benzene rings is 1. The lowest BCUT2D eigenvalue weighted by molar-refractivity contribution is -0.121.